The molecule has 0 bridgehead atoms. The van der Waals surface area contributed by atoms with Crippen LogP contribution in [-0.2, 0) is 4.84 Å². The standard InChI is InChI=1S/C4H8N2OS/c1-3(5)6-7-4(2)8/h1-2H3,(H2,5,6). The Kier molecular flexibility index (Phi) is 3.10. The Hall–Kier alpha value is -0.640. The molecule has 8 heavy (non-hydrogen) atoms. The Bertz CT molecular complexity index is 117. The molecule has 0 spiro atoms. The van der Waals surface area contributed by atoms with Crippen LogP contribution in [0.25, 0.3) is 0 Å². The molecule has 2 N–H and O–H groups in total. The van der Waals surface area contributed by atoms with Crippen LogP contribution < -0.4 is 5.73 Å². The third-order valence-corrected chi connectivity index (χ3v) is 0.393. The van der Waals surface area contributed by atoms with E-state index in [9.17, 15) is 0 Å². The minimum Gasteiger partial charge on any atom is -0.385 e. The number of nitrogens with zero attached hydrogens (tertiary/aromatic N) is 1. The van der Waals surface area contributed by atoms with E-state index in [1.807, 2.05) is 0 Å². The number of hydrogen-bond acceptors (Lipinski definition) is 3. The Morgan fingerprint density at radius 3 is 2.25 bits per heavy atom. The first-order valence-electron chi connectivity index (χ1n) is 2.10. The molecule has 46 valence electrons. The molecule has 0 aliphatic rings. The molecule has 0 saturated heterocycles. The van der Waals surface area contributed by atoms with E-state index in [-0.39, 0.29) is 0 Å². The van der Waals surface area contributed by atoms with Gasteiger partial charge in [0, 0.05) is 6.92 Å². The van der Waals surface area contributed by atoms with Crippen LogP contribution in [0.2, 0.25) is 0 Å². The summed E-state index contributed by atoms with van der Waals surface area (Å²) in [6, 6.07) is 0. The predicted octanol–water partition coefficient (Wildman–Crippen LogP) is 0.642. The van der Waals surface area contributed by atoms with E-state index in [0.717, 1.165) is 0 Å². The first kappa shape index (κ1) is 7.36. The molecule has 0 rings (SSSR count). The second-order valence-electron chi connectivity index (χ2n) is 1.32. The lowest BCUT2D eigenvalue weighted by molar-refractivity contribution is 0.334. The van der Waals surface area contributed by atoms with Gasteiger partial charge in [-0.15, -0.1) is 0 Å². The van der Waals surface area contributed by atoms with Crippen molar-refractivity contribution in [3.8, 4) is 0 Å². The summed E-state index contributed by atoms with van der Waals surface area (Å²) in [5, 5.41) is 3.75. The topological polar surface area (TPSA) is 47.6 Å². The summed E-state index contributed by atoms with van der Waals surface area (Å²) < 4.78 is 0. The van der Waals surface area contributed by atoms with Crippen molar-refractivity contribution in [2.75, 3.05) is 0 Å². The van der Waals surface area contributed by atoms with Crippen molar-refractivity contribution in [3.05, 3.63) is 0 Å². The summed E-state index contributed by atoms with van der Waals surface area (Å²) in [4.78, 5) is 4.50. The third kappa shape index (κ3) is 5.36. The number of nitrogens with two attached hydrogens (primary N) is 1. The molecular weight excluding hydrogens is 124 g/mol. The van der Waals surface area contributed by atoms with Crippen molar-refractivity contribution in [3.63, 3.8) is 0 Å². The highest BCUT2D eigenvalue weighted by Gasteiger charge is 1.81. The Morgan fingerprint density at radius 1 is 1.62 bits per heavy atom. The van der Waals surface area contributed by atoms with Crippen molar-refractivity contribution in [1.29, 1.82) is 0 Å². The largest absolute Gasteiger partial charge is 0.385 e. The molecule has 3 nitrogen and oxygen atoms in total. The molecule has 0 fully saturated rings. The molecule has 0 saturated carbocycles. The lowest BCUT2D eigenvalue weighted by atomic mass is 10.7. The minimum absolute atomic E-state index is 0.370. The molecule has 0 aliphatic heterocycles. The first-order valence-corrected chi connectivity index (χ1v) is 2.51. The molecule has 4 heteroatoms. The lowest BCUT2D eigenvalue weighted by Gasteiger charge is -1.91. The van der Waals surface area contributed by atoms with Gasteiger partial charge in [-0.2, -0.15) is 0 Å². The van der Waals surface area contributed by atoms with Crippen LogP contribution in [0.15, 0.2) is 5.16 Å². The molecule has 0 amide bonds. The van der Waals surface area contributed by atoms with Crippen molar-refractivity contribution >= 4 is 23.1 Å². The Balaban J connectivity index is 3.45. The summed E-state index contributed by atoms with van der Waals surface area (Å²) >= 11 is 4.53. The third-order valence-electron chi connectivity index (χ3n) is 0.318. The molecule has 0 unspecified atom stereocenters. The second kappa shape index (κ2) is 3.37. The van der Waals surface area contributed by atoms with E-state index in [0.29, 0.717) is 10.9 Å². The Labute approximate surface area is 53.5 Å². The maximum Gasteiger partial charge on any atom is 0.194 e. The molecule has 0 aromatic heterocycles. The van der Waals surface area contributed by atoms with E-state index < -0.39 is 0 Å². The summed E-state index contributed by atoms with van der Waals surface area (Å²) in [5.74, 6) is 0.370. The number of thiocarbonyl (C=S) groups is 1. The average Bonchev–Trinajstić information content (AvgIpc) is 1.61. The van der Waals surface area contributed by atoms with Gasteiger partial charge in [-0.3, -0.25) is 0 Å². The fraction of sp³-hybridized carbons (Fsp3) is 0.500. The average molecular weight is 132 g/mol. The summed E-state index contributed by atoms with van der Waals surface area (Å²) in [6.07, 6.45) is 0. The van der Waals surface area contributed by atoms with E-state index in [1.165, 1.54) is 0 Å². The van der Waals surface area contributed by atoms with E-state index >= 15 is 0 Å². The van der Waals surface area contributed by atoms with Crippen LogP contribution >= 0.6 is 12.2 Å². The van der Waals surface area contributed by atoms with Gasteiger partial charge < -0.3 is 10.6 Å². The molecule has 0 aliphatic carbocycles. The highest BCUT2D eigenvalue weighted by atomic mass is 32.1. The van der Waals surface area contributed by atoms with Crippen LogP contribution in [-0.4, -0.2) is 10.9 Å². The van der Waals surface area contributed by atoms with Gasteiger partial charge in [0.25, 0.3) is 0 Å². The fourth-order valence-electron chi connectivity index (χ4n) is 0.136. The monoisotopic (exact) mass is 132 g/mol. The van der Waals surface area contributed by atoms with Crippen molar-refractivity contribution < 1.29 is 4.84 Å². The normalized spacial score (nSPS) is 11.0. The zero-order chi connectivity index (χ0) is 6.57. The summed E-state index contributed by atoms with van der Waals surface area (Å²) in [7, 11) is 0. The SMILES string of the molecule is CC(=S)O/N=C(/C)N. The van der Waals surface area contributed by atoms with Crippen molar-refractivity contribution in [2.24, 2.45) is 10.9 Å². The quantitative estimate of drug-likeness (QED) is 0.246. The zero-order valence-electron chi connectivity index (χ0n) is 4.84. The van der Waals surface area contributed by atoms with E-state index in [1.54, 1.807) is 13.8 Å². The van der Waals surface area contributed by atoms with Crippen LogP contribution in [0.3, 0.4) is 0 Å². The van der Waals surface area contributed by atoms with Gasteiger partial charge in [-0.1, -0.05) is 5.16 Å². The van der Waals surface area contributed by atoms with Crippen LogP contribution in [0.5, 0.6) is 0 Å². The molecule has 0 radical (unpaired) electrons. The number of oxime groups is 1. The second-order valence-corrected chi connectivity index (χ2v) is 1.89. The highest BCUT2D eigenvalue weighted by Crippen LogP contribution is 1.79. The van der Waals surface area contributed by atoms with Gasteiger partial charge in [0.05, 0.1) is 0 Å². The van der Waals surface area contributed by atoms with Crippen LogP contribution in [0.1, 0.15) is 13.8 Å². The molecule has 0 atom stereocenters. The maximum atomic E-state index is 5.11. The van der Waals surface area contributed by atoms with Gasteiger partial charge in [-0.25, -0.2) is 0 Å². The summed E-state index contributed by atoms with van der Waals surface area (Å²) in [6.45, 7) is 3.25. The Morgan fingerprint density at radius 2 is 2.12 bits per heavy atom. The molecule has 0 heterocycles. The maximum absolute atomic E-state index is 5.11. The predicted molar refractivity (Wildman–Crippen MR) is 36.7 cm³/mol. The minimum atomic E-state index is 0.370. The fourth-order valence-corrected chi connectivity index (χ4v) is 0.174. The highest BCUT2D eigenvalue weighted by molar-refractivity contribution is 7.80. The summed E-state index contributed by atoms with van der Waals surface area (Å²) in [5.41, 5.74) is 5.11. The lowest BCUT2D eigenvalue weighted by Crippen LogP contribution is -2.06. The molecular formula is C4H8N2OS. The van der Waals surface area contributed by atoms with E-state index in [2.05, 4.69) is 22.2 Å². The van der Waals surface area contributed by atoms with Gasteiger partial charge >= 0.3 is 0 Å². The van der Waals surface area contributed by atoms with Crippen molar-refractivity contribution in [2.45, 2.75) is 13.8 Å². The van der Waals surface area contributed by atoms with Gasteiger partial charge in [0.1, 0.15) is 5.84 Å². The van der Waals surface area contributed by atoms with Crippen molar-refractivity contribution in [1.82, 2.24) is 0 Å². The molecule has 0 aromatic rings. The van der Waals surface area contributed by atoms with Crippen LogP contribution in [0, 0.1) is 0 Å². The number of hydrogen-bond donors (Lipinski definition) is 1. The number of rotatable bonds is 1. The first-order chi connectivity index (χ1) is 3.63. The smallest absolute Gasteiger partial charge is 0.194 e. The zero-order valence-corrected chi connectivity index (χ0v) is 5.66. The number of amidine groups is 1. The van der Waals surface area contributed by atoms with Gasteiger partial charge in [0.15, 0.2) is 5.05 Å². The molecule has 0 aromatic carbocycles. The van der Waals surface area contributed by atoms with Gasteiger partial charge in [0.2, 0.25) is 0 Å². The van der Waals surface area contributed by atoms with E-state index in [4.69, 9.17) is 5.73 Å². The van der Waals surface area contributed by atoms with Crippen LogP contribution in [0.4, 0.5) is 0 Å². The van der Waals surface area contributed by atoms with Gasteiger partial charge in [-0.05, 0) is 19.1 Å².